The van der Waals surface area contributed by atoms with Crippen LogP contribution in [0.4, 0.5) is 8.78 Å². The second-order valence-electron chi connectivity index (χ2n) is 4.69. The number of hydrogen-bond acceptors (Lipinski definition) is 2. The SMILES string of the molecule is CC(CCN)NCC1CCC(F)(F)CC1. The van der Waals surface area contributed by atoms with Gasteiger partial charge >= 0.3 is 0 Å². The summed E-state index contributed by atoms with van der Waals surface area (Å²) in [7, 11) is 0. The van der Waals surface area contributed by atoms with E-state index in [9.17, 15) is 8.78 Å². The van der Waals surface area contributed by atoms with Gasteiger partial charge in [-0.15, -0.1) is 0 Å². The van der Waals surface area contributed by atoms with Crippen molar-refractivity contribution in [3.8, 4) is 0 Å². The number of halogens is 2. The minimum Gasteiger partial charge on any atom is -0.330 e. The zero-order chi connectivity index (χ0) is 11.3. The van der Waals surface area contributed by atoms with Crippen LogP contribution in [0.15, 0.2) is 0 Å². The molecule has 0 aromatic carbocycles. The molecule has 0 bridgehead atoms. The molecular formula is C11H22F2N2. The molecule has 2 nitrogen and oxygen atoms in total. The molecule has 3 N–H and O–H groups in total. The van der Waals surface area contributed by atoms with Crippen molar-refractivity contribution in [3.63, 3.8) is 0 Å². The highest BCUT2D eigenvalue weighted by Crippen LogP contribution is 2.35. The van der Waals surface area contributed by atoms with Gasteiger partial charge in [-0.2, -0.15) is 0 Å². The molecule has 0 aromatic heterocycles. The van der Waals surface area contributed by atoms with Crippen LogP contribution in [0.25, 0.3) is 0 Å². The molecule has 1 atom stereocenters. The Morgan fingerprint density at radius 2 is 2.00 bits per heavy atom. The smallest absolute Gasteiger partial charge is 0.248 e. The number of alkyl halides is 2. The molecule has 1 aliphatic carbocycles. The van der Waals surface area contributed by atoms with Crippen LogP contribution in [-0.4, -0.2) is 25.1 Å². The lowest BCUT2D eigenvalue weighted by Crippen LogP contribution is -2.35. The number of hydrogen-bond donors (Lipinski definition) is 2. The highest BCUT2D eigenvalue weighted by Gasteiger charge is 2.34. The van der Waals surface area contributed by atoms with Crippen LogP contribution in [0.2, 0.25) is 0 Å². The van der Waals surface area contributed by atoms with Crippen LogP contribution in [-0.2, 0) is 0 Å². The first-order valence-electron chi connectivity index (χ1n) is 5.85. The van der Waals surface area contributed by atoms with E-state index in [1.54, 1.807) is 0 Å². The fourth-order valence-corrected chi connectivity index (χ4v) is 2.02. The molecule has 1 aliphatic rings. The molecule has 1 unspecified atom stereocenters. The van der Waals surface area contributed by atoms with Crippen molar-refractivity contribution in [2.75, 3.05) is 13.1 Å². The fraction of sp³-hybridized carbons (Fsp3) is 1.00. The molecule has 0 radical (unpaired) electrons. The van der Waals surface area contributed by atoms with E-state index < -0.39 is 5.92 Å². The third kappa shape index (κ3) is 4.89. The van der Waals surface area contributed by atoms with Gasteiger partial charge in [0.2, 0.25) is 5.92 Å². The molecule has 0 aliphatic heterocycles. The Balaban J connectivity index is 2.13. The lowest BCUT2D eigenvalue weighted by atomic mass is 9.86. The first kappa shape index (κ1) is 12.8. The summed E-state index contributed by atoms with van der Waals surface area (Å²) >= 11 is 0. The highest BCUT2D eigenvalue weighted by atomic mass is 19.3. The van der Waals surface area contributed by atoms with E-state index in [1.165, 1.54) is 0 Å². The Morgan fingerprint density at radius 1 is 1.40 bits per heavy atom. The van der Waals surface area contributed by atoms with Crippen LogP contribution in [0, 0.1) is 5.92 Å². The molecule has 1 rings (SSSR count). The zero-order valence-corrected chi connectivity index (χ0v) is 9.44. The van der Waals surface area contributed by atoms with E-state index >= 15 is 0 Å². The van der Waals surface area contributed by atoms with Crippen LogP contribution < -0.4 is 11.1 Å². The normalized spacial score (nSPS) is 24.0. The van der Waals surface area contributed by atoms with Gasteiger partial charge in [-0.25, -0.2) is 8.78 Å². The van der Waals surface area contributed by atoms with Gasteiger partial charge in [0.1, 0.15) is 0 Å². The molecule has 1 saturated carbocycles. The van der Waals surface area contributed by atoms with Crippen molar-refractivity contribution in [1.82, 2.24) is 5.32 Å². The number of nitrogens with one attached hydrogen (secondary N) is 1. The van der Waals surface area contributed by atoms with Crippen LogP contribution >= 0.6 is 0 Å². The Morgan fingerprint density at radius 3 is 2.53 bits per heavy atom. The minimum absolute atomic E-state index is 0.0601. The quantitative estimate of drug-likeness (QED) is 0.745. The second kappa shape index (κ2) is 5.75. The molecule has 0 heterocycles. The Hall–Kier alpha value is -0.220. The van der Waals surface area contributed by atoms with Crippen molar-refractivity contribution in [1.29, 1.82) is 0 Å². The van der Waals surface area contributed by atoms with Crippen LogP contribution in [0.3, 0.4) is 0 Å². The zero-order valence-electron chi connectivity index (χ0n) is 9.44. The number of nitrogens with two attached hydrogens (primary N) is 1. The van der Waals surface area contributed by atoms with E-state index in [1.807, 2.05) is 0 Å². The van der Waals surface area contributed by atoms with Gasteiger partial charge in [-0.3, -0.25) is 0 Å². The Labute approximate surface area is 90.6 Å². The van der Waals surface area contributed by atoms with E-state index in [0.717, 1.165) is 13.0 Å². The summed E-state index contributed by atoms with van der Waals surface area (Å²) in [5.74, 6) is -1.98. The minimum atomic E-state index is -2.40. The van der Waals surface area contributed by atoms with Crippen LogP contribution in [0.1, 0.15) is 39.0 Å². The third-order valence-corrected chi connectivity index (χ3v) is 3.19. The highest BCUT2D eigenvalue weighted by molar-refractivity contribution is 4.79. The average molecular weight is 220 g/mol. The molecule has 0 aromatic rings. The summed E-state index contributed by atoms with van der Waals surface area (Å²) in [6, 6.07) is 0.400. The maximum atomic E-state index is 12.9. The molecule has 90 valence electrons. The third-order valence-electron chi connectivity index (χ3n) is 3.19. The van der Waals surface area contributed by atoms with E-state index in [4.69, 9.17) is 5.73 Å². The van der Waals surface area contributed by atoms with E-state index in [0.29, 0.717) is 31.3 Å². The number of rotatable bonds is 5. The average Bonchev–Trinajstić information content (AvgIpc) is 2.17. The second-order valence-corrected chi connectivity index (χ2v) is 4.69. The predicted octanol–water partition coefficient (Wildman–Crippen LogP) is 2.14. The predicted molar refractivity (Wildman–Crippen MR) is 58.0 cm³/mol. The van der Waals surface area contributed by atoms with Gasteiger partial charge in [-0.05, 0) is 45.2 Å². The lowest BCUT2D eigenvalue weighted by molar-refractivity contribution is -0.0456. The van der Waals surface area contributed by atoms with Crippen molar-refractivity contribution in [3.05, 3.63) is 0 Å². The summed E-state index contributed by atoms with van der Waals surface area (Å²) in [6.07, 6.45) is 2.36. The largest absolute Gasteiger partial charge is 0.330 e. The van der Waals surface area contributed by atoms with Crippen molar-refractivity contribution >= 4 is 0 Å². The monoisotopic (exact) mass is 220 g/mol. The standard InChI is InChI=1S/C11H22F2N2/c1-9(4-7-14)15-8-10-2-5-11(12,13)6-3-10/h9-10,15H,2-8,14H2,1H3. The van der Waals surface area contributed by atoms with Gasteiger partial charge < -0.3 is 11.1 Å². The molecule has 15 heavy (non-hydrogen) atoms. The Kier molecular flexibility index (Phi) is 4.93. The molecule has 0 spiro atoms. The van der Waals surface area contributed by atoms with Gasteiger partial charge in [0.05, 0.1) is 0 Å². The molecule has 4 heteroatoms. The van der Waals surface area contributed by atoms with Gasteiger partial charge in [0, 0.05) is 18.9 Å². The first-order valence-corrected chi connectivity index (χ1v) is 5.85. The molecule has 0 saturated heterocycles. The molecule has 1 fully saturated rings. The van der Waals surface area contributed by atoms with Crippen molar-refractivity contribution in [2.45, 2.75) is 51.0 Å². The van der Waals surface area contributed by atoms with Crippen molar-refractivity contribution < 1.29 is 8.78 Å². The first-order chi connectivity index (χ1) is 7.03. The van der Waals surface area contributed by atoms with Crippen LogP contribution in [0.5, 0.6) is 0 Å². The van der Waals surface area contributed by atoms with E-state index in [-0.39, 0.29) is 12.8 Å². The summed E-state index contributed by atoms with van der Waals surface area (Å²) < 4.78 is 25.7. The summed E-state index contributed by atoms with van der Waals surface area (Å²) in [6.45, 7) is 3.62. The van der Waals surface area contributed by atoms with E-state index in [2.05, 4.69) is 12.2 Å². The summed E-state index contributed by atoms with van der Waals surface area (Å²) in [5, 5.41) is 3.36. The van der Waals surface area contributed by atoms with Gasteiger partial charge in [-0.1, -0.05) is 0 Å². The fourth-order valence-electron chi connectivity index (χ4n) is 2.02. The summed E-state index contributed by atoms with van der Waals surface area (Å²) in [4.78, 5) is 0. The lowest BCUT2D eigenvalue weighted by Gasteiger charge is -2.29. The summed E-state index contributed by atoms with van der Waals surface area (Å²) in [5.41, 5.74) is 5.43. The maximum Gasteiger partial charge on any atom is 0.248 e. The maximum absolute atomic E-state index is 12.9. The molecular weight excluding hydrogens is 198 g/mol. The Bertz CT molecular complexity index is 175. The van der Waals surface area contributed by atoms with Crippen molar-refractivity contribution in [2.24, 2.45) is 11.7 Å². The van der Waals surface area contributed by atoms with Gasteiger partial charge in [0.25, 0.3) is 0 Å². The molecule has 0 amide bonds. The van der Waals surface area contributed by atoms with Gasteiger partial charge in [0.15, 0.2) is 0 Å². The topological polar surface area (TPSA) is 38.0 Å².